The number of carbonyl (C=O) groups is 2. The number of aromatic nitrogens is 1. The molecule has 0 aliphatic rings. The number of nitrogens with one attached hydrogen (secondary N) is 2. The zero-order valence-corrected chi connectivity index (χ0v) is 13.5. The van der Waals surface area contributed by atoms with Crippen LogP contribution in [-0.2, 0) is 9.59 Å². The van der Waals surface area contributed by atoms with E-state index in [-0.39, 0.29) is 0 Å². The van der Waals surface area contributed by atoms with Crippen LogP contribution in [0, 0.1) is 6.92 Å². The normalized spacial score (nSPS) is 10.6. The van der Waals surface area contributed by atoms with Gasteiger partial charge < -0.3 is 20.8 Å². The Labute approximate surface area is 142 Å². The number of nitrogens with two attached hydrogens (primary N) is 1. The molecule has 0 atom stereocenters. The van der Waals surface area contributed by atoms with Crippen molar-refractivity contribution in [3.63, 3.8) is 0 Å². The number of benzene rings is 2. The van der Waals surface area contributed by atoms with Crippen LogP contribution in [0.25, 0.3) is 10.9 Å². The van der Waals surface area contributed by atoms with Gasteiger partial charge in [-0.15, -0.1) is 0 Å². The number of aromatic amines is 1. The van der Waals surface area contributed by atoms with Crippen molar-refractivity contribution < 1.29 is 14.3 Å². The summed E-state index contributed by atoms with van der Waals surface area (Å²) in [5.74, 6) is -0.856. The van der Waals surface area contributed by atoms with E-state index in [4.69, 9.17) is 22.1 Å². The topological polar surface area (TPSA) is 97.2 Å². The Bertz CT molecular complexity index is 926. The van der Waals surface area contributed by atoms with Gasteiger partial charge in [-0.2, -0.15) is 0 Å². The summed E-state index contributed by atoms with van der Waals surface area (Å²) in [6.45, 7) is 1.79. The molecule has 1 heterocycles. The highest BCUT2D eigenvalue weighted by Crippen LogP contribution is 2.36. The molecule has 0 unspecified atom stereocenters. The Morgan fingerprint density at radius 3 is 2.71 bits per heavy atom. The van der Waals surface area contributed by atoms with Gasteiger partial charge in [0.1, 0.15) is 11.5 Å². The van der Waals surface area contributed by atoms with Crippen LogP contribution in [-0.4, -0.2) is 16.8 Å². The Balaban J connectivity index is 1.87. The molecule has 0 saturated heterocycles. The number of fused-ring (bicyclic) bond motifs is 1. The third kappa shape index (κ3) is 3.18. The minimum atomic E-state index is -1.07. The molecular weight excluding hydrogens is 330 g/mol. The van der Waals surface area contributed by atoms with Gasteiger partial charge in [0, 0.05) is 22.8 Å². The fraction of sp³-hybridized carbons (Fsp3) is 0.0588. The lowest BCUT2D eigenvalue weighted by Crippen LogP contribution is -2.29. The lowest BCUT2D eigenvalue weighted by atomic mass is 10.2. The number of primary amides is 1. The number of hydrogen-bond donors (Lipinski definition) is 3. The number of amides is 2. The predicted octanol–water partition coefficient (Wildman–Crippen LogP) is 3.35. The van der Waals surface area contributed by atoms with Crippen LogP contribution in [0.1, 0.15) is 5.56 Å². The molecule has 0 aliphatic heterocycles. The number of H-pyrrole nitrogens is 1. The summed E-state index contributed by atoms with van der Waals surface area (Å²) >= 11 is 6.25. The molecule has 6 nitrogen and oxygen atoms in total. The average Bonchev–Trinajstić information content (AvgIpc) is 2.98. The van der Waals surface area contributed by atoms with Crippen molar-refractivity contribution in [3.05, 3.63) is 53.2 Å². The van der Waals surface area contributed by atoms with Crippen molar-refractivity contribution in [1.82, 2.24) is 4.98 Å². The largest absolute Gasteiger partial charge is 0.456 e. The third-order valence-electron chi connectivity index (χ3n) is 3.46. The van der Waals surface area contributed by atoms with Gasteiger partial charge >= 0.3 is 11.8 Å². The van der Waals surface area contributed by atoms with E-state index in [1.807, 2.05) is 30.5 Å². The van der Waals surface area contributed by atoms with Crippen LogP contribution in [0.4, 0.5) is 5.69 Å². The molecule has 0 aliphatic carbocycles. The molecule has 3 rings (SSSR count). The highest BCUT2D eigenvalue weighted by atomic mass is 35.5. The molecule has 0 bridgehead atoms. The number of carbonyl (C=O) groups excluding carboxylic acids is 2. The molecule has 4 N–H and O–H groups in total. The van der Waals surface area contributed by atoms with Gasteiger partial charge in [-0.05, 0) is 48.9 Å². The highest BCUT2D eigenvalue weighted by Gasteiger charge is 2.13. The van der Waals surface area contributed by atoms with E-state index in [2.05, 4.69) is 10.3 Å². The Morgan fingerprint density at radius 2 is 2.00 bits per heavy atom. The summed E-state index contributed by atoms with van der Waals surface area (Å²) in [6, 6.07) is 10.7. The summed E-state index contributed by atoms with van der Waals surface area (Å²) in [5.41, 5.74) is 7.00. The van der Waals surface area contributed by atoms with Crippen LogP contribution in [0.15, 0.2) is 42.6 Å². The molecule has 0 radical (unpaired) electrons. The second-order valence-corrected chi connectivity index (χ2v) is 5.66. The molecule has 7 heteroatoms. The second-order valence-electron chi connectivity index (χ2n) is 5.25. The third-order valence-corrected chi connectivity index (χ3v) is 3.74. The van der Waals surface area contributed by atoms with Crippen molar-refractivity contribution in [2.75, 3.05) is 5.32 Å². The highest BCUT2D eigenvalue weighted by molar-refractivity contribution is 6.39. The predicted molar refractivity (Wildman–Crippen MR) is 92.4 cm³/mol. The summed E-state index contributed by atoms with van der Waals surface area (Å²) < 4.78 is 5.87. The number of anilines is 1. The molecule has 0 fully saturated rings. The molecule has 122 valence electrons. The van der Waals surface area contributed by atoms with Crippen molar-refractivity contribution >= 4 is 40.0 Å². The lowest BCUT2D eigenvalue weighted by Gasteiger charge is -2.13. The Kier molecular flexibility index (Phi) is 4.14. The first-order valence-electron chi connectivity index (χ1n) is 7.10. The standard InChI is InChI=1S/C17H14ClN3O3/c1-9-6-11(21-17(23)16(19)22)8-13(18)15(9)24-12-2-3-14-10(7-12)4-5-20-14/h2-8,20H,1H3,(H2,19,22)(H,21,23). The zero-order chi connectivity index (χ0) is 17.3. The van der Waals surface area contributed by atoms with Crippen LogP contribution in [0.5, 0.6) is 11.5 Å². The van der Waals surface area contributed by atoms with Gasteiger partial charge in [0.05, 0.1) is 5.02 Å². The summed E-state index contributed by atoms with van der Waals surface area (Å²) in [6.07, 6.45) is 1.85. The fourth-order valence-electron chi connectivity index (χ4n) is 2.34. The number of halogens is 1. The van der Waals surface area contributed by atoms with Crippen LogP contribution < -0.4 is 15.8 Å². The van der Waals surface area contributed by atoms with Crippen molar-refractivity contribution in [1.29, 1.82) is 0 Å². The van der Waals surface area contributed by atoms with Crippen LogP contribution in [0.3, 0.4) is 0 Å². The van der Waals surface area contributed by atoms with E-state index in [0.29, 0.717) is 27.8 Å². The molecule has 0 spiro atoms. The second kappa shape index (κ2) is 6.25. The maximum Gasteiger partial charge on any atom is 0.313 e. The molecule has 2 aromatic carbocycles. The van der Waals surface area contributed by atoms with Crippen LogP contribution in [0.2, 0.25) is 5.02 Å². The van der Waals surface area contributed by atoms with Gasteiger partial charge in [-0.25, -0.2) is 0 Å². The molecule has 1 aromatic heterocycles. The molecular formula is C17H14ClN3O3. The van der Waals surface area contributed by atoms with Crippen molar-refractivity contribution in [3.8, 4) is 11.5 Å². The summed E-state index contributed by atoms with van der Waals surface area (Å²) in [7, 11) is 0. The van der Waals surface area contributed by atoms with Crippen molar-refractivity contribution in [2.45, 2.75) is 6.92 Å². The fourth-order valence-corrected chi connectivity index (χ4v) is 2.64. The monoisotopic (exact) mass is 343 g/mol. The van der Waals surface area contributed by atoms with E-state index in [9.17, 15) is 9.59 Å². The zero-order valence-electron chi connectivity index (χ0n) is 12.7. The van der Waals surface area contributed by atoms with Gasteiger partial charge in [0.15, 0.2) is 0 Å². The smallest absolute Gasteiger partial charge is 0.313 e. The number of rotatable bonds is 3. The summed E-state index contributed by atoms with van der Waals surface area (Å²) in [5, 5.41) is 3.71. The first-order valence-corrected chi connectivity index (χ1v) is 7.48. The van der Waals surface area contributed by atoms with Gasteiger partial charge in [-0.1, -0.05) is 11.6 Å². The Morgan fingerprint density at radius 1 is 1.21 bits per heavy atom. The first-order chi connectivity index (χ1) is 11.4. The van der Waals surface area contributed by atoms with E-state index in [0.717, 1.165) is 10.9 Å². The van der Waals surface area contributed by atoms with Crippen LogP contribution >= 0.6 is 11.6 Å². The SMILES string of the molecule is Cc1cc(NC(=O)C(N)=O)cc(Cl)c1Oc1ccc2[nH]ccc2c1. The van der Waals surface area contributed by atoms with Gasteiger partial charge in [0.25, 0.3) is 0 Å². The van der Waals surface area contributed by atoms with E-state index >= 15 is 0 Å². The number of hydrogen-bond acceptors (Lipinski definition) is 3. The number of ether oxygens (including phenoxy) is 1. The molecule has 24 heavy (non-hydrogen) atoms. The van der Waals surface area contributed by atoms with Crippen molar-refractivity contribution in [2.24, 2.45) is 5.73 Å². The summed E-state index contributed by atoms with van der Waals surface area (Å²) in [4.78, 5) is 25.3. The molecule has 0 saturated carbocycles. The maximum atomic E-state index is 11.3. The number of aryl methyl sites for hydroxylation is 1. The van der Waals surface area contributed by atoms with E-state index in [1.165, 1.54) is 6.07 Å². The molecule has 3 aromatic rings. The lowest BCUT2D eigenvalue weighted by molar-refractivity contribution is -0.134. The average molecular weight is 344 g/mol. The quantitative estimate of drug-likeness (QED) is 0.636. The minimum Gasteiger partial charge on any atom is -0.456 e. The van der Waals surface area contributed by atoms with E-state index in [1.54, 1.807) is 13.0 Å². The van der Waals surface area contributed by atoms with E-state index < -0.39 is 11.8 Å². The first kappa shape index (κ1) is 15.9. The molecule has 2 amide bonds. The van der Waals surface area contributed by atoms with Gasteiger partial charge in [0.2, 0.25) is 0 Å². The van der Waals surface area contributed by atoms with Gasteiger partial charge in [-0.3, -0.25) is 9.59 Å². The minimum absolute atomic E-state index is 0.309. The Hall–Kier alpha value is -2.99. The maximum absolute atomic E-state index is 11.3.